The standard InChI is InChI=1S/C17H21ClN2O2/c1-16(2)12-7-8-17(3,22-16)14-13(12)20(14)15(21)19-11-6-4-5-10(18)9-11/h4-6,9,12-14H,7-8H2,1-3H3,(H,19,21)/t12-,13+,14-,17-,20?/m0/s1. The number of rotatable bonds is 1. The summed E-state index contributed by atoms with van der Waals surface area (Å²) < 4.78 is 6.32. The summed E-state index contributed by atoms with van der Waals surface area (Å²) in [4.78, 5) is 14.6. The zero-order chi connectivity index (χ0) is 15.7. The van der Waals surface area contributed by atoms with Gasteiger partial charge in [0.25, 0.3) is 0 Å². The first kappa shape index (κ1) is 14.3. The van der Waals surface area contributed by atoms with E-state index in [1.807, 2.05) is 17.0 Å². The van der Waals surface area contributed by atoms with Crippen molar-refractivity contribution < 1.29 is 9.53 Å². The lowest BCUT2D eigenvalue weighted by atomic mass is 9.69. The SMILES string of the molecule is CC1(C)O[C@@]2(C)CC[C@H]1[C@@H]1[C@@H]2N1C(=O)Nc1cccc(Cl)c1. The molecule has 3 heterocycles. The minimum atomic E-state index is -0.214. The van der Waals surface area contributed by atoms with E-state index in [2.05, 4.69) is 26.1 Å². The van der Waals surface area contributed by atoms with Crippen molar-refractivity contribution in [2.24, 2.45) is 5.92 Å². The average Bonchev–Trinajstić information content (AvgIpc) is 3.14. The van der Waals surface area contributed by atoms with Crippen molar-refractivity contribution in [2.45, 2.75) is 56.9 Å². The summed E-state index contributed by atoms with van der Waals surface area (Å²) >= 11 is 5.98. The lowest BCUT2D eigenvalue weighted by molar-refractivity contribution is -0.214. The molecular formula is C17H21ClN2O2. The summed E-state index contributed by atoms with van der Waals surface area (Å²) in [7, 11) is 0. The highest BCUT2D eigenvalue weighted by atomic mass is 35.5. The second-order valence-corrected chi connectivity index (χ2v) is 7.88. The van der Waals surface area contributed by atoms with Gasteiger partial charge >= 0.3 is 6.03 Å². The van der Waals surface area contributed by atoms with E-state index in [0.717, 1.165) is 18.5 Å². The maximum atomic E-state index is 12.6. The van der Waals surface area contributed by atoms with E-state index in [9.17, 15) is 4.79 Å². The van der Waals surface area contributed by atoms with Gasteiger partial charge in [0.2, 0.25) is 0 Å². The number of halogens is 1. The van der Waals surface area contributed by atoms with Gasteiger partial charge in [0.05, 0.1) is 23.3 Å². The predicted molar refractivity (Wildman–Crippen MR) is 86.2 cm³/mol. The summed E-state index contributed by atoms with van der Waals surface area (Å²) in [6.07, 6.45) is 2.16. The number of nitrogens with zero attached hydrogens (tertiary/aromatic N) is 1. The van der Waals surface area contributed by atoms with Crippen LogP contribution >= 0.6 is 11.6 Å². The molecule has 0 spiro atoms. The molecule has 1 aliphatic carbocycles. The molecule has 22 heavy (non-hydrogen) atoms. The molecule has 1 saturated carbocycles. The number of ether oxygens (including phenoxy) is 1. The van der Waals surface area contributed by atoms with E-state index >= 15 is 0 Å². The second-order valence-electron chi connectivity index (χ2n) is 7.45. The van der Waals surface area contributed by atoms with Crippen LogP contribution in [0.15, 0.2) is 24.3 Å². The second kappa shape index (κ2) is 4.39. The van der Waals surface area contributed by atoms with Crippen molar-refractivity contribution in [2.75, 3.05) is 5.32 Å². The van der Waals surface area contributed by atoms with Gasteiger partial charge in [-0.3, -0.25) is 0 Å². The van der Waals surface area contributed by atoms with E-state index in [4.69, 9.17) is 16.3 Å². The van der Waals surface area contributed by atoms with Crippen molar-refractivity contribution in [3.63, 3.8) is 0 Å². The third kappa shape index (κ3) is 1.97. The van der Waals surface area contributed by atoms with Gasteiger partial charge in [0.1, 0.15) is 0 Å². The minimum Gasteiger partial charge on any atom is -0.367 e. The molecule has 2 amide bonds. The average molecular weight is 321 g/mol. The fourth-order valence-corrected chi connectivity index (χ4v) is 4.83. The molecule has 5 heteroatoms. The van der Waals surface area contributed by atoms with Crippen molar-refractivity contribution in [1.82, 2.24) is 4.90 Å². The van der Waals surface area contributed by atoms with Crippen molar-refractivity contribution in [3.05, 3.63) is 29.3 Å². The summed E-state index contributed by atoms with van der Waals surface area (Å²) in [5.41, 5.74) is 0.368. The molecule has 4 atom stereocenters. The number of urea groups is 1. The zero-order valence-corrected chi connectivity index (χ0v) is 13.9. The largest absolute Gasteiger partial charge is 0.367 e. The maximum Gasteiger partial charge on any atom is 0.322 e. The molecule has 3 saturated heterocycles. The third-order valence-corrected chi connectivity index (χ3v) is 5.78. The molecule has 0 unspecified atom stereocenters. The lowest BCUT2D eigenvalue weighted by Gasteiger charge is -2.51. The molecular weight excluding hydrogens is 300 g/mol. The number of nitrogens with one attached hydrogen (secondary N) is 1. The molecule has 1 aromatic carbocycles. The highest BCUT2D eigenvalue weighted by Gasteiger charge is 2.72. The van der Waals surface area contributed by atoms with Crippen LogP contribution in [0.2, 0.25) is 5.02 Å². The topological polar surface area (TPSA) is 41.3 Å². The number of anilines is 1. The quantitative estimate of drug-likeness (QED) is 0.797. The Morgan fingerprint density at radius 1 is 1.41 bits per heavy atom. The van der Waals surface area contributed by atoms with Crippen LogP contribution in [0.5, 0.6) is 0 Å². The fraction of sp³-hybridized carbons (Fsp3) is 0.588. The van der Waals surface area contributed by atoms with Crippen LogP contribution in [0, 0.1) is 5.92 Å². The number of hydrogen-bond donors (Lipinski definition) is 1. The smallest absolute Gasteiger partial charge is 0.322 e. The Kier molecular flexibility index (Phi) is 2.86. The van der Waals surface area contributed by atoms with Gasteiger partial charge in [-0.15, -0.1) is 0 Å². The number of carbonyl (C=O) groups is 1. The van der Waals surface area contributed by atoms with Crippen LogP contribution in [0.25, 0.3) is 0 Å². The number of amides is 2. The summed E-state index contributed by atoms with van der Waals surface area (Å²) in [5.74, 6) is 0.421. The molecule has 5 rings (SSSR count). The van der Waals surface area contributed by atoms with Crippen LogP contribution in [0.4, 0.5) is 10.5 Å². The predicted octanol–water partition coefficient (Wildman–Crippen LogP) is 3.90. The van der Waals surface area contributed by atoms with Gasteiger partial charge in [-0.2, -0.15) is 0 Å². The van der Waals surface area contributed by atoms with Gasteiger partial charge in [-0.25, -0.2) is 4.79 Å². The monoisotopic (exact) mass is 320 g/mol. The van der Waals surface area contributed by atoms with Gasteiger partial charge in [-0.05, 0) is 51.8 Å². The fourth-order valence-electron chi connectivity index (χ4n) is 4.64. The van der Waals surface area contributed by atoms with E-state index in [-0.39, 0.29) is 23.3 Å². The Morgan fingerprint density at radius 2 is 2.18 bits per heavy atom. The van der Waals surface area contributed by atoms with Crippen molar-refractivity contribution in [3.8, 4) is 0 Å². The van der Waals surface area contributed by atoms with Gasteiger partial charge in [0.15, 0.2) is 0 Å². The Bertz CT molecular complexity index is 647. The molecule has 2 bridgehead atoms. The number of fused-ring (bicyclic) bond motifs is 2. The Hall–Kier alpha value is -1.26. The van der Waals surface area contributed by atoms with Crippen LogP contribution < -0.4 is 5.32 Å². The molecule has 3 aliphatic heterocycles. The number of carbonyl (C=O) groups excluding carboxylic acids is 1. The highest BCUT2D eigenvalue weighted by Crippen LogP contribution is 2.60. The zero-order valence-electron chi connectivity index (χ0n) is 13.1. The molecule has 1 aromatic rings. The third-order valence-electron chi connectivity index (χ3n) is 5.54. The first-order valence-corrected chi connectivity index (χ1v) is 8.25. The maximum absolute atomic E-state index is 12.6. The van der Waals surface area contributed by atoms with Gasteiger partial charge in [0, 0.05) is 16.6 Å². The first-order valence-electron chi connectivity index (χ1n) is 7.87. The molecule has 0 radical (unpaired) electrons. The van der Waals surface area contributed by atoms with E-state index in [1.165, 1.54) is 0 Å². The normalized spacial score (nSPS) is 37.6. The first-order chi connectivity index (χ1) is 10.3. The molecule has 4 fully saturated rings. The van der Waals surface area contributed by atoms with Gasteiger partial charge < -0.3 is 15.0 Å². The Labute approximate surface area is 135 Å². The molecule has 1 N–H and O–H groups in total. The van der Waals surface area contributed by atoms with Crippen LogP contribution in [-0.4, -0.2) is 34.2 Å². The number of hydrogen-bond acceptors (Lipinski definition) is 2. The highest BCUT2D eigenvalue weighted by molar-refractivity contribution is 6.30. The molecule has 0 aromatic heterocycles. The number of likely N-dealkylation sites (tertiary alicyclic amines) is 1. The van der Waals surface area contributed by atoms with Crippen molar-refractivity contribution in [1.29, 1.82) is 0 Å². The lowest BCUT2D eigenvalue weighted by Crippen LogP contribution is -2.58. The van der Waals surface area contributed by atoms with Crippen LogP contribution in [0.3, 0.4) is 0 Å². The van der Waals surface area contributed by atoms with Crippen LogP contribution in [0.1, 0.15) is 33.6 Å². The van der Waals surface area contributed by atoms with Gasteiger partial charge in [-0.1, -0.05) is 17.7 Å². The summed E-state index contributed by atoms with van der Waals surface area (Å²) in [6, 6.07) is 7.73. The number of benzene rings is 1. The Morgan fingerprint density at radius 3 is 2.86 bits per heavy atom. The molecule has 4 nitrogen and oxygen atoms in total. The molecule has 118 valence electrons. The molecule has 4 aliphatic rings. The Balaban J connectivity index is 1.55. The van der Waals surface area contributed by atoms with Crippen LogP contribution in [-0.2, 0) is 4.74 Å². The minimum absolute atomic E-state index is 0.0447. The van der Waals surface area contributed by atoms with E-state index in [1.54, 1.807) is 12.1 Å². The summed E-state index contributed by atoms with van der Waals surface area (Å²) in [6.45, 7) is 6.45. The van der Waals surface area contributed by atoms with Crippen molar-refractivity contribution >= 4 is 23.3 Å². The summed E-state index contributed by atoms with van der Waals surface area (Å²) in [5, 5.41) is 3.58. The van der Waals surface area contributed by atoms with E-state index < -0.39 is 0 Å². The van der Waals surface area contributed by atoms with E-state index in [0.29, 0.717) is 17.0 Å².